The molecule has 9 nitrogen and oxygen atoms in total. The van der Waals surface area contributed by atoms with Gasteiger partial charge in [0.25, 0.3) is 11.8 Å². The fourth-order valence-corrected chi connectivity index (χ4v) is 4.74. The van der Waals surface area contributed by atoms with Crippen LogP contribution in [0.3, 0.4) is 0 Å². The van der Waals surface area contributed by atoms with Gasteiger partial charge >= 0.3 is 5.97 Å². The highest BCUT2D eigenvalue weighted by molar-refractivity contribution is 7.19. The first-order valence-electron chi connectivity index (χ1n) is 10.6. The zero-order valence-corrected chi connectivity index (χ0v) is 22.1. The van der Waals surface area contributed by atoms with Gasteiger partial charge in [0.2, 0.25) is 5.75 Å². The zero-order valence-electron chi connectivity index (χ0n) is 20.5. The number of rotatable bonds is 8. The minimum Gasteiger partial charge on any atom is -0.493 e. The minimum atomic E-state index is -0.693. The van der Waals surface area contributed by atoms with Crippen molar-refractivity contribution in [2.24, 2.45) is 0 Å². The molecule has 3 rings (SSSR count). The molecule has 0 aliphatic heterocycles. The van der Waals surface area contributed by atoms with Crippen LogP contribution in [0.4, 0.5) is 10.7 Å². The van der Waals surface area contributed by atoms with Crippen LogP contribution in [0, 0.1) is 13.8 Å². The Bertz CT molecular complexity index is 1310. The topological polar surface area (TPSA) is 112 Å². The highest BCUT2D eigenvalue weighted by atomic mass is 35.5. The molecule has 0 saturated heterocycles. The molecule has 2 aromatic carbocycles. The fraction of sp³-hybridized carbons (Fsp3) is 0.240. The number of thiophene rings is 1. The van der Waals surface area contributed by atoms with Gasteiger partial charge in [-0.15, -0.1) is 11.3 Å². The highest BCUT2D eigenvalue weighted by Crippen LogP contribution is 2.39. The van der Waals surface area contributed by atoms with Crippen molar-refractivity contribution in [2.75, 3.05) is 39.1 Å². The lowest BCUT2D eigenvalue weighted by Crippen LogP contribution is -2.15. The first-order chi connectivity index (χ1) is 17.2. The molecule has 0 saturated carbocycles. The van der Waals surface area contributed by atoms with E-state index in [-0.39, 0.29) is 32.5 Å². The van der Waals surface area contributed by atoms with Gasteiger partial charge in [-0.1, -0.05) is 17.7 Å². The van der Waals surface area contributed by atoms with Crippen LogP contribution in [-0.2, 0) is 4.74 Å². The molecule has 2 amide bonds. The molecule has 0 fully saturated rings. The predicted molar refractivity (Wildman–Crippen MR) is 139 cm³/mol. The number of hydrogen-bond donors (Lipinski definition) is 2. The number of anilines is 2. The third-order valence-corrected chi connectivity index (χ3v) is 7.03. The first-order valence-corrected chi connectivity index (χ1v) is 11.8. The van der Waals surface area contributed by atoms with E-state index in [9.17, 15) is 14.4 Å². The van der Waals surface area contributed by atoms with Gasteiger partial charge in [-0.3, -0.25) is 9.59 Å². The molecular weight excluding hydrogens is 508 g/mol. The predicted octanol–water partition coefficient (Wildman–Crippen LogP) is 5.34. The van der Waals surface area contributed by atoms with E-state index in [4.69, 9.17) is 30.5 Å². The number of carbonyl (C=O) groups excluding carboxylic acids is 3. The van der Waals surface area contributed by atoms with Crippen molar-refractivity contribution in [1.82, 2.24) is 0 Å². The number of benzene rings is 2. The van der Waals surface area contributed by atoms with E-state index < -0.39 is 17.8 Å². The van der Waals surface area contributed by atoms with Crippen molar-refractivity contribution in [1.29, 1.82) is 0 Å². The van der Waals surface area contributed by atoms with E-state index in [0.29, 0.717) is 27.6 Å². The van der Waals surface area contributed by atoms with E-state index in [1.807, 2.05) is 0 Å². The maximum Gasteiger partial charge on any atom is 0.341 e. The SMILES string of the molecule is COC(=O)c1c(NC(=O)c2cc(OC)c(OC)c(OC)c2)sc(C(=O)Nc2cccc(Cl)c2C)c1C. The summed E-state index contributed by atoms with van der Waals surface area (Å²) in [6.07, 6.45) is 0. The lowest BCUT2D eigenvalue weighted by Gasteiger charge is -2.14. The Kier molecular flexibility index (Phi) is 8.44. The Labute approximate surface area is 217 Å². The molecule has 0 atom stereocenters. The van der Waals surface area contributed by atoms with Crippen LogP contribution in [0.5, 0.6) is 17.2 Å². The van der Waals surface area contributed by atoms with Crippen LogP contribution in [-0.4, -0.2) is 46.2 Å². The first kappa shape index (κ1) is 26.8. The summed E-state index contributed by atoms with van der Waals surface area (Å²) < 4.78 is 20.8. The van der Waals surface area contributed by atoms with Crippen LogP contribution >= 0.6 is 22.9 Å². The van der Waals surface area contributed by atoms with Crippen molar-refractivity contribution in [3.05, 3.63) is 62.5 Å². The average molecular weight is 533 g/mol. The molecular formula is C25H25ClN2O7S. The maximum absolute atomic E-state index is 13.2. The lowest BCUT2D eigenvalue weighted by atomic mass is 10.1. The van der Waals surface area contributed by atoms with Gasteiger partial charge in [-0.05, 0) is 49.2 Å². The Hall–Kier alpha value is -3.76. The summed E-state index contributed by atoms with van der Waals surface area (Å²) in [5.41, 5.74) is 1.86. The molecule has 0 radical (unpaired) electrons. The summed E-state index contributed by atoms with van der Waals surface area (Å²) in [6, 6.07) is 8.11. The van der Waals surface area contributed by atoms with Crippen molar-refractivity contribution in [2.45, 2.75) is 13.8 Å². The summed E-state index contributed by atoms with van der Waals surface area (Å²) >= 11 is 7.11. The monoisotopic (exact) mass is 532 g/mol. The molecule has 2 N–H and O–H groups in total. The number of hydrogen-bond acceptors (Lipinski definition) is 8. The molecule has 11 heteroatoms. The van der Waals surface area contributed by atoms with Gasteiger partial charge in [0.05, 0.1) is 38.9 Å². The second-order valence-corrected chi connectivity index (χ2v) is 8.91. The number of methoxy groups -OCH3 is 4. The van der Waals surface area contributed by atoms with Gasteiger partial charge in [-0.2, -0.15) is 0 Å². The molecule has 36 heavy (non-hydrogen) atoms. The summed E-state index contributed by atoms with van der Waals surface area (Å²) in [5.74, 6) is -0.806. The van der Waals surface area contributed by atoms with Crippen LogP contribution in [0.1, 0.15) is 41.5 Å². The molecule has 3 aromatic rings. The number of amides is 2. The van der Waals surface area contributed by atoms with Gasteiger partial charge in [0.1, 0.15) is 5.00 Å². The van der Waals surface area contributed by atoms with Gasteiger partial charge in [0, 0.05) is 16.3 Å². The Morgan fingerprint density at radius 3 is 2.06 bits per heavy atom. The van der Waals surface area contributed by atoms with E-state index in [1.165, 1.54) is 40.6 Å². The van der Waals surface area contributed by atoms with Gasteiger partial charge in [0.15, 0.2) is 11.5 Å². The number of carbonyl (C=O) groups is 3. The second-order valence-electron chi connectivity index (χ2n) is 7.49. The standard InChI is InChI=1S/C25H25ClN2O7S/c1-12-15(26)8-7-9-16(12)27-23(30)21-13(2)19(25(31)35-6)24(36-21)28-22(29)14-10-17(32-3)20(34-5)18(11-14)33-4/h7-11H,1-6H3,(H,27,30)(H,28,29). The molecule has 0 spiro atoms. The van der Waals surface area contributed by atoms with Crippen LogP contribution in [0.15, 0.2) is 30.3 Å². The fourth-order valence-electron chi connectivity index (χ4n) is 3.48. The van der Waals surface area contributed by atoms with Gasteiger partial charge < -0.3 is 29.6 Å². The lowest BCUT2D eigenvalue weighted by molar-refractivity contribution is 0.0601. The molecule has 1 heterocycles. The average Bonchev–Trinajstić information content (AvgIpc) is 3.20. The van der Waals surface area contributed by atoms with Crippen LogP contribution < -0.4 is 24.8 Å². The van der Waals surface area contributed by atoms with Crippen molar-refractivity contribution in [3.8, 4) is 17.2 Å². The Morgan fingerprint density at radius 2 is 1.50 bits per heavy atom. The van der Waals surface area contributed by atoms with Crippen LogP contribution in [0.2, 0.25) is 5.02 Å². The third-order valence-electron chi connectivity index (χ3n) is 5.41. The smallest absolute Gasteiger partial charge is 0.341 e. The zero-order chi connectivity index (χ0) is 26.6. The number of halogens is 1. The Morgan fingerprint density at radius 1 is 0.861 bits per heavy atom. The molecule has 0 aliphatic carbocycles. The van der Waals surface area contributed by atoms with E-state index in [1.54, 1.807) is 32.0 Å². The number of ether oxygens (including phenoxy) is 4. The van der Waals surface area contributed by atoms with E-state index in [2.05, 4.69) is 10.6 Å². The maximum atomic E-state index is 13.2. The third kappa shape index (κ3) is 5.24. The van der Waals surface area contributed by atoms with Crippen molar-refractivity contribution < 1.29 is 33.3 Å². The van der Waals surface area contributed by atoms with Crippen LogP contribution in [0.25, 0.3) is 0 Å². The van der Waals surface area contributed by atoms with E-state index >= 15 is 0 Å². The van der Waals surface area contributed by atoms with Crippen molar-refractivity contribution >= 4 is 51.4 Å². The molecule has 0 aliphatic rings. The summed E-state index contributed by atoms with van der Waals surface area (Å²) in [7, 11) is 5.54. The van der Waals surface area contributed by atoms with E-state index in [0.717, 1.165) is 11.3 Å². The number of nitrogens with one attached hydrogen (secondary N) is 2. The summed E-state index contributed by atoms with van der Waals surface area (Å²) in [4.78, 5) is 39.1. The minimum absolute atomic E-state index is 0.0799. The number of esters is 1. The summed E-state index contributed by atoms with van der Waals surface area (Å²) in [6.45, 7) is 3.39. The van der Waals surface area contributed by atoms with Gasteiger partial charge in [-0.25, -0.2) is 4.79 Å². The van der Waals surface area contributed by atoms with Crippen molar-refractivity contribution in [3.63, 3.8) is 0 Å². The largest absolute Gasteiger partial charge is 0.493 e. The molecule has 0 unspecified atom stereocenters. The molecule has 190 valence electrons. The Balaban J connectivity index is 1.99. The second kappa shape index (κ2) is 11.3. The summed E-state index contributed by atoms with van der Waals surface area (Å²) in [5, 5.41) is 6.18. The molecule has 1 aromatic heterocycles. The molecule has 0 bridgehead atoms. The highest BCUT2D eigenvalue weighted by Gasteiger charge is 2.27. The normalized spacial score (nSPS) is 10.4. The quantitative estimate of drug-likeness (QED) is 0.377.